The molecule has 0 spiro atoms. The van der Waals surface area contributed by atoms with E-state index in [0.29, 0.717) is 13.0 Å². The SMILES string of the molecule is COCCC(C)(O)CNS(=O)(=O)c1cccc(Cl)c1Cl. The van der Waals surface area contributed by atoms with Crippen LogP contribution in [0.5, 0.6) is 0 Å². The number of aliphatic hydroxyl groups is 1. The van der Waals surface area contributed by atoms with E-state index in [1.54, 1.807) is 0 Å². The molecule has 0 heterocycles. The molecular weight excluding hydrogens is 325 g/mol. The number of nitrogens with one attached hydrogen (secondary N) is 1. The fourth-order valence-corrected chi connectivity index (χ4v) is 3.35. The summed E-state index contributed by atoms with van der Waals surface area (Å²) in [4.78, 5) is -0.116. The van der Waals surface area contributed by atoms with Crippen molar-refractivity contribution >= 4 is 33.2 Å². The molecule has 0 aromatic heterocycles. The third-order valence-electron chi connectivity index (χ3n) is 2.69. The first-order valence-corrected chi connectivity index (χ1v) is 8.08. The van der Waals surface area contributed by atoms with Crippen LogP contribution in [0.15, 0.2) is 23.1 Å². The minimum atomic E-state index is -3.84. The normalized spacial score (nSPS) is 15.1. The maximum absolute atomic E-state index is 12.1. The van der Waals surface area contributed by atoms with Gasteiger partial charge < -0.3 is 9.84 Å². The molecule has 0 amide bonds. The van der Waals surface area contributed by atoms with Crippen molar-refractivity contribution in [1.82, 2.24) is 4.72 Å². The van der Waals surface area contributed by atoms with Crippen molar-refractivity contribution < 1.29 is 18.3 Å². The van der Waals surface area contributed by atoms with Crippen molar-refractivity contribution in [3.8, 4) is 0 Å². The lowest BCUT2D eigenvalue weighted by atomic mass is 10.0. The Kier molecular flexibility index (Phi) is 6.25. The second-order valence-corrected chi connectivity index (χ2v) is 7.14. The molecule has 1 rings (SSSR count). The van der Waals surface area contributed by atoms with E-state index < -0.39 is 15.6 Å². The molecule has 0 radical (unpaired) electrons. The Labute approximate surface area is 128 Å². The monoisotopic (exact) mass is 341 g/mol. The maximum Gasteiger partial charge on any atom is 0.242 e. The Hall–Kier alpha value is -0.370. The highest BCUT2D eigenvalue weighted by Gasteiger charge is 2.25. The van der Waals surface area contributed by atoms with E-state index in [4.69, 9.17) is 27.9 Å². The van der Waals surface area contributed by atoms with Gasteiger partial charge in [0.05, 0.1) is 15.6 Å². The summed E-state index contributed by atoms with van der Waals surface area (Å²) >= 11 is 11.7. The highest BCUT2D eigenvalue weighted by atomic mass is 35.5. The lowest BCUT2D eigenvalue weighted by Gasteiger charge is -2.23. The van der Waals surface area contributed by atoms with Gasteiger partial charge in [0.15, 0.2) is 0 Å². The van der Waals surface area contributed by atoms with Crippen molar-refractivity contribution in [1.29, 1.82) is 0 Å². The van der Waals surface area contributed by atoms with Crippen LogP contribution < -0.4 is 4.72 Å². The van der Waals surface area contributed by atoms with E-state index in [-0.39, 0.29) is 21.5 Å². The topological polar surface area (TPSA) is 75.6 Å². The summed E-state index contributed by atoms with van der Waals surface area (Å²) in [6.07, 6.45) is 0.301. The van der Waals surface area contributed by atoms with E-state index >= 15 is 0 Å². The van der Waals surface area contributed by atoms with Crippen LogP contribution in [-0.2, 0) is 14.8 Å². The minimum Gasteiger partial charge on any atom is -0.389 e. The number of hydrogen-bond acceptors (Lipinski definition) is 4. The highest BCUT2D eigenvalue weighted by molar-refractivity contribution is 7.89. The van der Waals surface area contributed by atoms with Gasteiger partial charge >= 0.3 is 0 Å². The Morgan fingerprint density at radius 2 is 2.05 bits per heavy atom. The summed E-state index contributed by atoms with van der Waals surface area (Å²) in [5.41, 5.74) is -1.21. The molecule has 1 aromatic carbocycles. The molecule has 20 heavy (non-hydrogen) atoms. The lowest BCUT2D eigenvalue weighted by Crippen LogP contribution is -2.41. The van der Waals surface area contributed by atoms with Crippen LogP contribution in [-0.4, -0.2) is 39.4 Å². The van der Waals surface area contributed by atoms with Crippen LogP contribution >= 0.6 is 23.2 Å². The quantitative estimate of drug-likeness (QED) is 0.795. The molecule has 0 saturated carbocycles. The number of sulfonamides is 1. The number of methoxy groups -OCH3 is 1. The fraction of sp³-hybridized carbons (Fsp3) is 0.500. The third-order valence-corrected chi connectivity index (χ3v) is 5.07. The maximum atomic E-state index is 12.1. The molecule has 1 unspecified atom stereocenters. The van der Waals surface area contributed by atoms with Gasteiger partial charge in [-0.3, -0.25) is 0 Å². The van der Waals surface area contributed by atoms with Crippen LogP contribution in [0, 0.1) is 0 Å². The Morgan fingerprint density at radius 3 is 2.65 bits per heavy atom. The highest BCUT2D eigenvalue weighted by Crippen LogP contribution is 2.28. The standard InChI is InChI=1S/C12H17Cl2NO4S/c1-12(16,6-7-19-2)8-15-20(17,18)10-5-3-4-9(13)11(10)14/h3-5,15-16H,6-8H2,1-2H3. The molecule has 1 atom stereocenters. The van der Waals surface area contributed by atoms with Gasteiger partial charge in [-0.15, -0.1) is 0 Å². The van der Waals surface area contributed by atoms with Crippen molar-refractivity contribution in [2.75, 3.05) is 20.3 Å². The number of ether oxygens (including phenoxy) is 1. The Bertz CT molecular complexity index is 561. The number of rotatable bonds is 7. The van der Waals surface area contributed by atoms with E-state index in [0.717, 1.165) is 0 Å². The summed E-state index contributed by atoms with van der Waals surface area (Å²) in [7, 11) is -2.33. The van der Waals surface area contributed by atoms with Crippen LogP contribution in [0.1, 0.15) is 13.3 Å². The number of hydrogen-bond donors (Lipinski definition) is 2. The van der Waals surface area contributed by atoms with E-state index in [1.807, 2.05) is 0 Å². The van der Waals surface area contributed by atoms with Gasteiger partial charge in [0.25, 0.3) is 0 Å². The van der Waals surface area contributed by atoms with Crippen molar-refractivity contribution in [3.05, 3.63) is 28.2 Å². The van der Waals surface area contributed by atoms with E-state index in [1.165, 1.54) is 32.2 Å². The largest absolute Gasteiger partial charge is 0.389 e. The van der Waals surface area contributed by atoms with Crippen molar-refractivity contribution in [3.63, 3.8) is 0 Å². The van der Waals surface area contributed by atoms with Crippen LogP contribution in [0.3, 0.4) is 0 Å². The van der Waals surface area contributed by atoms with Crippen LogP contribution in [0.4, 0.5) is 0 Å². The van der Waals surface area contributed by atoms with Gasteiger partial charge in [-0.25, -0.2) is 13.1 Å². The van der Waals surface area contributed by atoms with Gasteiger partial charge in [-0.2, -0.15) is 0 Å². The molecule has 114 valence electrons. The second-order valence-electron chi connectivity index (χ2n) is 4.62. The molecule has 0 bridgehead atoms. The number of halogens is 2. The van der Waals surface area contributed by atoms with E-state index in [2.05, 4.69) is 4.72 Å². The smallest absolute Gasteiger partial charge is 0.242 e. The first-order chi connectivity index (χ1) is 9.19. The second kappa shape index (κ2) is 7.06. The first-order valence-electron chi connectivity index (χ1n) is 5.84. The van der Waals surface area contributed by atoms with Gasteiger partial charge in [0.1, 0.15) is 4.90 Å². The third kappa shape index (κ3) is 4.87. The zero-order valence-electron chi connectivity index (χ0n) is 11.2. The molecule has 5 nitrogen and oxygen atoms in total. The predicted octanol–water partition coefficient (Wildman–Crippen LogP) is 2.06. The van der Waals surface area contributed by atoms with Crippen LogP contribution in [0.2, 0.25) is 10.0 Å². The fourth-order valence-electron chi connectivity index (χ4n) is 1.43. The van der Waals surface area contributed by atoms with Crippen LogP contribution in [0.25, 0.3) is 0 Å². The van der Waals surface area contributed by atoms with E-state index in [9.17, 15) is 13.5 Å². The lowest BCUT2D eigenvalue weighted by molar-refractivity contribution is 0.0292. The number of benzene rings is 1. The molecule has 0 fully saturated rings. The van der Waals surface area contributed by atoms with Gasteiger partial charge in [0, 0.05) is 26.7 Å². The predicted molar refractivity (Wildman–Crippen MR) is 78.8 cm³/mol. The molecule has 1 aromatic rings. The Morgan fingerprint density at radius 1 is 1.40 bits per heavy atom. The summed E-state index contributed by atoms with van der Waals surface area (Å²) in [5, 5.41) is 10.1. The zero-order chi connectivity index (χ0) is 15.4. The van der Waals surface area contributed by atoms with Gasteiger partial charge in [0.2, 0.25) is 10.0 Å². The van der Waals surface area contributed by atoms with Gasteiger partial charge in [-0.05, 0) is 19.1 Å². The average Bonchev–Trinajstić information content (AvgIpc) is 2.37. The van der Waals surface area contributed by atoms with Gasteiger partial charge in [-0.1, -0.05) is 29.3 Å². The molecule has 2 N–H and O–H groups in total. The summed E-state index contributed by atoms with van der Waals surface area (Å²) in [6.45, 7) is 1.70. The summed E-state index contributed by atoms with van der Waals surface area (Å²) < 4.78 is 31.4. The molecule has 0 aliphatic carbocycles. The molecule has 0 aliphatic heterocycles. The Balaban J connectivity index is 2.83. The zero-order valence-corrected chi connectivity index (χ0v) is 13.5. The summed E-state index contributed by atoms with van der Waals surface area (Å²) in [6, 6.07) is 4.34. The molecule has 0 saturated heterocycles. The summed E-state index contributed by atoms with van der Waals surface area (Å²) in [5.74, 6) is 0. The molecule has 0 aliphatic rings. The average molecular weight is 342 g/mol. The molecular formula is C12H17Cl2NO4S. The first kappa shape index (κ1) is 17.7. The van der Waals surface area contributed by atoms with Crippen molar-refractivity contribution in [2.45, 2.75) is 23.8 Å². The van der Waals surface area contributed by atoms with Crippen molar-refractivity contribution in [2.24, 2.45) is 0 Å². The minimum absolute atomic E-state index is 0.0433. The molecule has 8 heteroatoms.